The third-order valence-electron chi connectivity index (χ3n) is 1.69. The Morgan fingerprint density at radius 1 is 1.36 bits per heavy atom. The summed E-state index contributed by atoms with van der Waals surface area (Å²) in [5, 5.41) is 0. The molecule has 1 aromatic rings. The molecule has 1 aromatic carbocycles. The molecule has 0 aliphatic carbocycles. The van der Waals surface area contributed by atoms with Gasteiger partial charge in [-0.2, -0.15) is 0 Å². The minimum absolute atomic E-state index is 0.219. The second-order valence-corrected chi connectivity index (χ2v) is 3.89. The molecule has 2 heteroatoms. The number of ketones is 1. The van der Waals surface area contributed by atoms with Gasteiger partial charge >= 0.3 is 0 Å². The first-order chi connectivity index (χ1) is 6.83. The normalized spacial score (nSPS) is 9.36. The number of carbonyl (C=O) groups excluding carboxylic acids is 1. The topological polar surface area (TPSA) is 17.1 Å². The molecule has 0 atom stereocenters. The van der Waals surface area contributed by atoms with Gasteiger partial charge in [-0.25, -0.2) is 0 Å². The fourth-order valence-electron chi connectivity index (χ4n) is 0.964. The summed E-state index contributed by atoms with van der Waals surface area (Å²) < 4.78 is 0. The summed E-state index contributed by atoms with van der Waals surface area (Å²) in [6.45, 7) is 0. The number of terminal acetylenes is 1. The molecule has 0 aliphatic rings. The van der Waals surface area contributed by atoms with Crippen LogP contribution >= 0.6 is 11.8 Å². The van der Waals surface area contributed by atoms with Gasteiger partial charge in [0.05, 0.1) is 5.75 Å². The molecular weight excluding hydrogens is 192 g/mol. The maximum atomic E-state index is 11.3. The van der Waals surface area contributed by atoms with E-state index in [1.807, 2.05) is 30.3 Å². The van der Waals surface area contributed by atoms with Crippen LogP contribution in [0.3, 0.4) is 0 Å². The van der Waals surface area contributed by atoms with Gasteiger partial charge in [-0.1, -0.05) is 18.2 Å². The van der Waals surface area contributed by atoms with E-state index in [9.17, 15) is 4.79 Å². The Morgan fingerprint density at radius 2 is 2.07 bits per heavy atom. The van der Waals surface area contributed by atoms with Crippen LogP contribution in [0.4, 0.5) is 0 Å². The highest BCUT2D eigenvalue weighted by Gasteiger charge is 2.01. The lowest BCUT2D eigenvalue weighted by atomic mass is 10.2. The summed E-state index contributed by atoms with van der Waals surface area (Å²) in [7, 11) is 0. The zero-order chi connectivity index (χ0) is 10.2. The van der Waals surface area contributed by atoms with Crippen molar-refractivity contribution in [1.82, 2.24) is 0 Å². The van der Waals surface area contributed by atoms with E-state index in [-0.39, 0.29) is 5.78 Å². The van der Waals surface area contributed by atoms with E-state index in [4.69, 9.17) is 6.42 Å². The first kappa shape index (κ1) is 10.9. The predicted octanol–water partition coefficient (Wildman–Crippen LogP) is 2.76. The number of Topliss-reactive ketones (excluding diaryl/α,β-unsaturated/α-hetero) is 1. The largest absolute Gasteiger partial charge is 0.299 e. The number of rotatable bonds is 5. The fraction of sp³-hybridized carbons (Fsp3) is 0.250. The highest BCUT2D eigenvalue weighted by molar-refractivity contribution is 8.00. The number of hydrogen-bond acceptors (Lipinski definition) is 2. The lowest BCUT2D eigenvalue weighted by Crippen LogP contribution is -1.99. The monoisotopic (exact) mass is 204 g/mol. The Hall–Kier alpha value is -1.20. The highest BCUT2D eigenvalue weighted by Crippen LogP contribution is 2.17. The molecule has 0 saturated heterocycles. The molecule has 0 aliphatic heterocycles. The van der Waals surface area contributed by atoms with Crippen LogP contribution in [0.2, 0.25) is 0 Å². The van der Waals surface area contributed by atoms with Crippen molar-refractivity contribution in [3.8, 4) is 12.3 Å². The summed E-state index contributed by atoms with van der Waals surface area (Å²) in [5.41, 5.74) is 0. The van der Waals surface area contributed by atoms with Gasteiger partial charge in [0.25, 0.3) is 0 Å². The SMILES string of the molecule is C#CCCC(=O)CSc1ccccc1. The molecule has 0 unspecified atom stereocenters. The van der Waals surface area contributed by atoms with E-state index in [1.54, 1.807) is 11.8 Å². The smallest absolute Gasteiger partial charge is 0.144 e. The second kappa shape index (κ2) is 6.28. The van der Waals surface area contributed by atoms with Crippen LogP contribution in [-0.2, 0) is 4.79 Å². The summed E-state index contributed by atoms with van der Waals surface area (Å²) in [4.78, 5) is 12.4. The average Bonchev–Trinajstić information content (AvgIpc) is 2.25. The van der Waals surface area contributed by atoms with Gasteiger partial charge in [-0.15, -0.1) is 24.1 Å². The number of carbonyl (C=O) groups is 1. The Bertz CT molecular complexity index is 324. The van der Waals surface area contributed by atoms with Gasteiger partial charge in [-0.3, -0.25) is 4.79 Å². The highest BCUT2D eigenvalue weighted by atomic mass is 32.2. The van der Waals surface area contributed by atoms with E-state index in [0.29, 0.717) is 18.6 Å². The zero-order valence-corrected chi connectivity index (χ0v) is 8.72. The molecule has 0 bridgehead atoms. The third-order valence-corrected chi connectivity index (χ3v) is 2.76. The second-order valence-electron chi connectivity index (χ2n) is 2.84. The van der Waals surface area contributed by atoms with Crippen molar-refractivity contribution in [3.05, 3.63) is 30.3 Å². The fourth-order valence-corrected chi connectivity index (χ4v) is 1.79. The number of thioether (sulfide) groups is 1. The molecule has 0 aromatic heterocycles. The van der Waals surface area contributed by atoms with Gasteiger partial charge in [0.2, 0.25) is 0 Å². The van der Waals surface area contributed by atoms with Gasteiger partial charge in [0, 0.05) is 17.7 Å². The number of benzene rings is 1. The van der Waals surface area contributed by atoms with Crippen molar-refractivity contribution < 1.29 is 4.79 Å². The van der Waals surface area contributed by atoms with Crippen LogP contribution < -0.4 is 0 Å². The molecule has 14 heavy (non-hydrogen) atoms. The molecule has 0 amide bonds. The summed E-state index contributed by atoms with van der Waals surface area (Å²) in [6.07, 6.45) is 6.12. The molecule has 0 N–H and O–H groups in total. The standard InChI is InChI=1S/C12H12OS/c1-2-3-7-11(13)10-14-12-8-5-4-6-9-12/h1,4-6,8-9H,3,7,10H2. The molecule has 0 fully saturated rings. The van der Waals surface area contributed by atoms with Crippen LogP contribution in [0, 0.1) is 12.3 Å². The summed E-state index contributed by atoms with van der Waals surface area (Å²) >= 11 is 1.56. The lowest BCUT2D eigenvalue weighted by Gasteiger charge is -1.99. The van der Waals surface area contributed by atoms with E-state index < -0.39 is 0 Å². The average molecular weight is 204 g/mol. The van der Waals surface area contributed by atoms with Crippen LogP contribution in [-0.4, -0.2) is 11.5 Å². The Labute approximate surface area is 88.9 Å². The van der Waals surface area contributed by atoms with Crippen LogP contribution in [0.1, 0.15) is 12.8 Å². The van der Waals surface area contributed by atoms with Crippen molar-refractivity contribution in [2.45, 2.75) is 17.7 Å². The van der Waals surface area contributed by atoms with E-state index in [1.165, 1.54) is 0 Å². The van der Waals surface area contributed by atoms with Crippen molar-refractivity contribution >= 4 is 17.5 Å². The first-order valence-electron chi connectivity index (χ1n) is 4.46. The molecule has 0 heterocycles. The first-order valence-corrected chi connectivity index (χ1v) is 5.44. The molecule has 0 spiro atoms. The van der Waals surface area contributed by atoms with Crippen molar-refractivity contribution in [2.75, 3.05) is 5.75 Å². The number of hydrogen-bond donors (Lipinski definition) is 0. The third kappa shape index (κ3) is 4.15. The minimum atomic E-state index is 0.219. The molecule has 0 saturated carbocycles. The van der Waals surface area contributed by atoms with Crippen LogP contribution in [0.25, 0.3) is 0 Å². The Morgan fingerprint density at radius 3 is 2.71 bits per heavy atom. The Kier molecular flexibility index (Phi) is 4.88. The molecule has 0 radical (unpaired) electrons. The van der Waals surface area contributed by atoms with E-state index >= 15 is 0 Å². The van der Waals surface area contributed by atoms with E-state index in [0.717, 1.165) is 4.90 Å². The molecule has 72 valence electrons. The molecular formula is C12H12OS. The van der Waals surface area contributed by atoms with Crippen LogP contribution in [0.5, 0.6) is 0 Å². The van der Waals surface area contributed by atoms with Crippen LogP contribution in [0.15, 0.2) is 35.2 Å². The Balaban J connectivity index is 2.28. The van der Waals surface area contributed by atoms with E-state index in [2.05, 4.69) is 5.92 Å². The van der Waals surface area contributed by atoms with Gasteiger partial charge in [0.15, 0.2) is 0 Å². The van der Waals surface area contributed by atoms with Gasteiger partial charge in [0.1, 0.15) is 5.78 Å². The van der Waals surface area contributed by atoms with Crippen molar-refractivity contribution in [2.24, 2.45) is 0 Å². The van der Waals surface area contributed by atoms with Gasteiger partial charge in [-0.05, 0) is 12.1 Å². The minimum Gasteiger partial charge on any atom is -0.299 e. The molecule has 1 rings (SSSR count). The van der Waals surface area contributed by atoms with Gasteiger partial charge < -0.3 is 0 Å². The lowest BCUT2D eigenvalue weighted by molar-refractivity contribution is -0.116. The zero-order valence-electron chi connectivity index (χ0n) is 7.90. The van der Waals surface area contributed by atoms with Crippen molar-refractivity contribution in [1.29, 1.82) is 0 Å². The quantitative estimate of drug-likeness (QED) is 0.542. The summed E-state index contributed by atoms with van der Waals surface area (Å²) in [6, 6.07) is 9.89. The molecule has 1 nitrogen and oxygen atoms in total. The summed E-state index contributed by atoms with van der Waals surface area (Å²) in [5.74, 6) is 3.21. The maximum Gasteiger partial charge on any atom is 0.144 e. The van der Waals surface area contributed by atoms with Crippen molar-refractivity contribution in [3.63, 3.8) is 0 Å². The maximum absolute atomic E-state index is 11.3. The predicted molar refractivity (Wildman–Crippen MR) is 60.2 cm³/mol.